The molecule has 1 saturated carbocycles. The van der Waals surface area contributed by atoms with Gasteiger partial charge in [0.1, 0.15) is 0 Å². The highest BCUT2D eigenvalue weighted by Gasteiger charge is 2.33. The highest BCUT2D eigenvalue weighted by molar-refractivity contribution is 5.82. The summed E-state index contributed by atoms with van der Waals surface area (Å²) in [4.78, 5) is 12.2. The highest BCUT2D eigenvalue weighted by Crippen LogP contribution is 2.27. The Labute approximate surface area is 126 Å². The second-order valence-corrected chi connectivity index (χ2v) is 6.12. The van der Waals surface area contributed by atoms with Crippen LogP contribution in [0.1, 0.15) is 44.1 Å². The summed E-state index contributed by atoms with van der Waals surface area (Å²) in [5, 5.41) is 12.6. The lowest BCUT2D eigenvalue weighted by Gasteiger charge is -2.37. The molecule has 0 radical (unpaired) electrons. The summed E-state index contributed by atoms with van der Waals surface area (Å²) >= 11 is 0. The number of hydrogen-bond acceptors (Lipinski definition) is 3. The van der Waals surface area contributed by atoms with Gasteiger partial charge in [-0.05, 0) is 31.2 Å². The van der Waals surface area contributed by atoms with Crippen molar-refractivity contribution in [2.45, 2.75) is 56.5 Å². The maximum absolute atomic E-state index is 12.2. The summed E-state index contributed by atoms with van der Waals surface area (Å²) in [6, 6.07) is 9.52. The third kappa shape index (κ3) is 4.55. The fourth-order valence-corrected chi connectivity index (χ4v) is 3.00. The topological polar surface area (TPSA) is 75.4 Å². The van der Waals surface area contributed by atoms with Crippen LogP contribution in [-0.4, -0.2) is 29.2 Å². The van der Waals surface area contributed by atoms with Gasteiger partial charge >= 0.3 is 0 Å². The van der Waals surface area contributed by atoms with Gasteiger partial charge in [-0.25, -0.2) is 0 Å². The number of carbonyl (C=O) groups excluding carboxylic acids is 1. The fraction of sp³-hybridized carbons (Fsp3) is 0.588. The number of nitrogens with one attached hydrogen (secondary N) is 1. The van der Waals surface area contributed by atoms with E-state index >= 15 is 0 Å². The molecule has 1 atom stereocenters. The molecule has 1 aliphatic carbocycles. The second-order valence-electron chi connectivity index (χ2n) is 6.12. The highest BCUT2D eigenvalue weighted by atomic mass is 16.3. The van der Waals surface area contributed by atoms with Gasteiger partial charge < -0.3 is 16.2 Å². The number of amides is 1. The monoisotopic (exact) mass is 290 g/mol. The first-order valence-corrected chi connectivity index (χ1v) is 7.88. The molecule has 4 N–H and O–H groups in total. The quantitative estimate of drug-likeness (QED) is 0.747. The molecule has 1 aliphatic rings. The van der Waals surface area contributed by atoms with Gasteiger partial charge in [0, 0.05) is 0 Å². The summed E-state index contributed by atoms with van der Waals surface area (Å²) in [6.45, 7) is 0.00411. The van der Waals surface area contributed by atoms with Crippen LogP contribution in [0.4, 0.5) is 0 Å². The van der Waals surface area contributed by atoms with Crippen LogP contribution in [0.5, 0.6) is 0 Å². The van der Waals surface area contributed by atoms with E-state index in [-0.39, 0.29) is 12.5 Å². The Hall–Kier alpha value is -1.39. The van der Waals surface area contributed by atoms with Crippen LogP contribution in [0.2, 0.25) is 0 Å². The average Bonchev–Trinajstić information content (AvgIpc) is 2.54. The summed E-state index contributed by atoms with van der Waals surface area (Å²) in [7, 11) is 0. The minimum Gasteiger partial charge on any atom is -0.394 e. The Kier molecular flexibility index (Phi) is 5.76. The molecule has 0 aromatic heterocycles. The van der Waals surface area contributed by atoms with Crippen LogP contribution < -0.4 is 11.1 Å². The van der Waals surface area contributed by atoms with Crippen molar-refractivity contribution in [2.24, 2.45) is 5.73 Å². The molecular weight excluding hydrogens is 264 g/mol. The van der Waals surface area contributed by atoms with Crippen LogP contribution in [0.25, 0.3) is 0 Å². The molecule has 4 nitrogen and oxygen atoms in total. The van der Waals surface area contributed by atoms with Crippen molar-refractivity contribution in [2.75, 3.05) is 6.61 Å². The first-order chi connectivity index (χ1) is 10.2. The van der Waals surface area contributed by atoms with E-state index in [1.165, 1.54) is 12.0 Å². The van der Waals surface area contributed by atoms with Crippen LogP contribution in [0, 0.1) is 0 Å². The molecule has 4 heteroatoms. The molecule has 1 amide bonds. The van der Waals surface area contributed by atoms with Crippen molar-refractivity contribution in [3.05, 3.63) is 35.9 Å². The first-order valence-electron chi connectivity index (χ1n) is 7.88. The smallest absolute Gasteiger partial charge is 0.237 e. The maximum atomic E-state index is 12.2. The predicted octanol–water partition coefficient (Wildman–Crippen LogP) is 1.76. The van der Waals surface area contributed by atoms with Gasteiger partial charge in [0.25, 0.3) is 0 Å². The van der Waals surface area contributed by atoms with E-state index < -0.39 is 11.6 Å². The van der Waals surface area contributed by atoms with Crippen molar-refractivity contribution in [3.8, 4) is 0 Å². The van der Waals surface area contributed by atoms with Crippen molar-refractivity contribution in [3.63, 3.8) is 0 Å². The molecule has 0 saturated heterocycles. The maximum Gasteiger partial charge on any atom is 0.237 e. The van der Waals surface area contributed by atoms with Gasteiger partial charge in [-0.2, -0.15) is 0 Å². The number of benzene rings is 1. The summed E-state index contributed by atoms with van der Waals surface area (Å²) < 4.78 is 0. The molecule has 2 rings (SSSR count). The zero-order chi connectivity index (χ0) is 15.1. The van der Waals surface area contributed by atoms with E-state index in [4.69, 9.17) is 5.73 Å². The summed E-state index contributed by atoms with van der Waals surface area (Å²) in [6.07, 6.45) is 6.40. The van der Waals surface area contributed by atoms with E-state index in [0.717, 1.165) is 32.1 Å². The van der Waals surface area contributed by atoms with Crippen LogP contribution in [0.3, 0.4) is 0 Å². The van der Waals surface area contributed by atoms with Gasteiger partial charge in [-0.1, -0.05) is 49.6 Å². The lowest BCUT2D eigenvalue weighted by atomic mass is 9.82. The molecule has 21 heavy (non-hydrogen) atoms. The molecule has 0 bridgehead atoms. The SMILES string of the molecule is NC(CCc1ccccc1)C(=O)NC1(CO)CCCCC1. The number of rotatable bonds is 6. The molecule has 1 unspecified atom stereocenters. The molecular formula is C17H26N2O2. The van der Waals surface area contributed by atoms with E-state index in [9.17, 15) is 9.90 Å². The fourth-order valence-electron chi connectivity index (χ4n) is 3.00. The average molecular weight is 290 g/mol. The molecule has 0 heterocycles. The molecule has 0 aliphatic heterocycles. The molecule has 1 fully saturated rings. The lowest BCUT2D eigenvalue weighted by Crippen LogP contribution is -2.56. The number of aryl methyl sites for hydroxylation is 1. The number of aliphatic hydroxyl groups excluding tert-OH is 1. The van der Waals surface area contributed by atoms with Crippen molar-refractivity contribution >= 4 is 5.91 Å². The first kappa shape index (κ1) is 16.0. The summed E-state index contributed by atoms with van der Waals surface area (Å²) in [5.41, 5.74) is 6.75. The molecule has 116 valence electrons. The van der Waals surface area contributed by atoms with Gasteiger partial charge in [0.2, 0.25) is 5.91 Å². The normalized spacial score (nSPS) is 19.0. The van der Waals surface area contributed by atoms with Crippen LogP contribution >= 0.6 is 0 Å². The number of hydrogen-bond donors (Lipinski definition) is 3. The van der Waals surface area contributed by atoms with Gasteiger partial charge in [0.15, 0.2) is 0 Å². The Balaban J connectivity index is 1.84. The van der Waals surface area contributed by atoms with Crippen molar-refractivity contribution < 1.29 is 9.90 Å². The Morgan fingerprint density at radius 3 is 2.52 bits per heavy atom. The number of nitrogens with two attached hydrogens (primary N) is 1. The van der Waals surface area contributed by atoms with Crippen LogP contribution in [-0.2, 0) is 11.2 Å². The van der Waals surface area contributed by atoms with E-state index in [0.29, 0.717) is 6.42 Å². The van der Waals surface area contributed by atoms with Crippen molar-refractivity contribution in [1.82, 2.24) is 5.32 Å². The molecule has 1 aromatic carbocycles. The molecule has 0 spiro atoms. The lowest BCUT2D eigenvalue weighted by molar-refractivity contribution is -0.125. The van der Waals surface area contributed by atoms with Crippen LogP contribution in [0.15, 0.2) is 30.3 Å². The van der Waals surface area contributed by atoms with Gasteiger partial charge in [-0.15, -0.1) is 0 Å². The Bertz CT molecular complexity index is 441. The standard InChI is InChI=1S/C17H26N2O2/c18-15(10-9-14-7-3-1-4-8-14)16(21)19-17(13-20)11-5-2-6-12-17/h1,3-4,7-8,15,20H,2,5-6,9-13,18H2,(H,19,21). The van der Waals surface area contributed by atoms with Gasteiger partial charge in [-0.3, -0.25) is 4.79 Å². The van der Waals surface area contributed by atoms with E-state index in [2.05, 4.69) is 5.32 Å². The largest absolute Gasteiger partial charge is 0.394 e. The predicted molar refractivity (Wildman–Crippen MR) is 83.8 cm³/mol. The minimum atomic E-state index is -0.518. The Morgan fingerprint density at radius 1 is 1.24 bits per heavy atom. The number of carbonyl (C=O) groups is 1. The minimum absolute atomic E-state index is 0.00411. The van der Waals surface area contributed by atoms with Gasteiger partial charge in [0.05, 0.1) is 18.2 Å². The second kappa shape index (κ2) is 7.57. The molecule has 1 aromatic rings. The third-order valence-electron chi connectivity index (χ3n) is 4.43. The Morgan fingerprint density at radius 2 is 1.90 bits per heavy atom. The van der Waals surface area contributed by atoms with E-state index in [1.807, 2.05) is 30.3 Å². The van der Waals surface area contributed by atoms with Crippen molar-refractivity contribution in [1.29, 1.82) is 0 Å². The van der Waals surface area contributed by atoms with E-state index in [1.54, 1.807) is 0 Å². The zero-order valence-electron chi connectivity index (χ0n) is 12.6. The zero-order valence-corrected chi connectivity index (χ0v) is 12.6. The third-order valence-corrected chi connectivity index (χ3v) is 4.43. The number of aliphatic hydroxyl groups is 1. The summed E-state index contributed by atoms with van der Waals surface area (Å²) in [5.74, 6) is -0.137.